The van der Waals surface area contributed by atoms with Gasteiger partial charge in [-0.2, -0.15) is 0 Å². The fourth-order valence-electron chi connectivity index (χ4n) is 2.66. The van der Waals surface area contributed by atoms with Gasteiger partial charge in [-0.15, -0.1) is 0 Å². The second kappa shape index (κ2) is 6.35. The summed E-state index contributed by atoms with van der Waals surface area (Å²) in [6, 6.07) is 5.02. The first-order chi connectivity index (χ1) is 9.10. The second-order valence-electron chi connectivity index (χ2n) is 5.62. The maximum Gasteiger partial charge on any atom is 0.129 e. The van der Waals surface area contributed by atoms with Gasteiger partial charge in [0.15, 0.2) is 0 Å². The molecule has 1 aliphatic rings. The second-order valence-corrected chi connectivity index (χ2v) is 5.62. The molecule has 0 radical (unpaired) electrons. The topological polar surface area (TPSA) is 31.4 Å². The van der Waals surface area contributed by atoms with Crippen LogP contribution in [0.2, 0.25) is 0 Å². The molecule has 2 heterocycles. The van der Waals surface area contributed by atoms with Crippen molar-refractivity contribution in [3.05, 3.63) is 23.4 Å². The summed E-state index contributed by atoms with van der Waals surface area (Å²) in [5, 5.41) is 3.21. The summed E-state index contributed by atoms with van der Waals surface area (Å²) in [7, 11) is 1.98. The highest BCUT2D eigenvalue weighted by Gasteiger charge is 2.19. The number of nitrogens with one attached hydrogen (secondary N) is 1. The fourth-order valence-corrected chi connectivity index (χ4v) is 2.66. The van der Waals surface area contributed by atoms with Crippen molar-refractivity contribution in [3.8, 4) is 0 Å². The predicted octanol–water partition coefficient (Wildman–Crippen LogP) is 1.64. The van der Waals surface area contributed by atoms with Crippen LogP contribution in [0.5, 0.6) is 0 Å². The molecule has 0 aliphatic carbocycles. The molecular weight excluding hydrogens is 236 g/mol. The van der Waals surface area contributed by atoms with E-state index in [1.807, 2.05) is 7.05 Å². The van der Waals surface area contributed by atoms with E-state index in [0.717, 1.165) is 44.2 Å². The first kappa shape index (κ1) is 14.3. The summed E-state index contributed by atoms with van der Waals surface area (Å²) in [5.74, 6) is 1.13. The number of pyridine rings is 1. The molecule has 4 nitrogen and oxygen atoms in total. The molecule has 0 bridgehead atoms. The first-order valence-corrected chi connectivity index (χ1v) is 7.21. The van der Waals surface area contributed by atoms with Crippen LogP contribution in [0.4, 0.5) is 5.82 Å². The average Bonchev–Trinajstić information content (AvgIpc) is 2.38. The molecule has 0 unspecified atom stereocenters. The van der Waals surface area contributed by atoms with E-state index in [1.165, 1.54) is 5.56 Å². The van der Waals surface area contributed by atoms with E-state index in [-0.39, 0.29) is 0 Å². The normalized spacial score (nSPS) is 17.2. The van der Waals surface area contributed by atoms with Crippen molar-refractivity contribution in [1.82, 2.24) is 15.2 Å². The van der Waals surface area contributed by atoms with E-state index in [1.54, 1.807) is 0 Å². The van der Waals surface area contributed by atoms with Crippen LogP contribution in [0, 0.1) is 6.92 Å². The summed E-state index contributed by atoms with van der Waals surface area (Å²) in [6.45, 7) is 11.9. The Kier molecular flexibility index (Phi) is 4.77. The van der Waals surface area contributed by atoms with Crippen LogP contribution in [-0.4, -0.2) is 49.2 Å². The van der Waals surface area contributed by atoms with Gasteiger partial charge < -0.3 is 10.2 Å². The molecule has 1 aromatic rings. The van der Waals surface area contributed by atoms with Gasteiger partial charge in [-0.3, -0.25) is 4.90 Å². The summed E-state index contributed by atoms with van der Waals surface area (Å²) in [6.07, 6.45) is 0. The minimum atomic E-state index is 0.646. The van der Waals surface area contributed by atoms with E-state index >= 15 is 0 Å². The average molecular weight is 262 g/mol. The number of nitrogens with zero attached hydrogens (tertiary/aromatic N) is 3. The number of hydrogen-bond donors (Lipinski definition) is 1. The third-order valence-electron chi connectivity index (χ3n) is 3.75. The molecule has 0 amide bonds. The summed E-state index contributed by atoms with van der Waals surface area (Å²) in [5.41, 5.74) is 2.42. The zero-order valence-electron chi connectivity index (χ0n) is 12.6. The number of aromatic nitrogens is 1. The first-order valence-electron chi connectivity index (χ1n) is 7.21. The predicted molar refractivity (Wildman–Crippen MR) is 80.7 cm³/mol. The Morgan fingerprint density at radius 2 is 1.89 bits per heavy atom. The third kappa shape index (κ3) is 3.67. The van der Waals surface area contributed by atoms with Crippen molar-refractivity contribution in [2.24, 2.45) is 0 Å². The van der Waals surface area contributed by atoms with Crippen LogP contribution >= 0.6 is 0 Å². The molecule has 106 valence electrons. The van der Waals surface area contributed by atoms with Crippen molar-refractivity contribution < 1.29 is 0 Å². The number of anilines is 1. The maximum absolute atomic E-state index is 4.69. The van der Waals surface area contributed by atoms with Gasteiger partial charge in [0.05, 0.1) is 0 Å². The largest absolute Gasteiger partial charge is 0.354 e. The highest BCUT2D eigenvalue weighted by Crippen LogP contribution is 2.17. The van der Waals surface area contributed by atoms with Gasteiger partial charge in [0.1, 0.15) is 5.82 Å². The SMILES string of the molecule is CNCc1cc(C)nc(N2CCN(C(C)C)CC2)c1. The lowest BCUT2D eigenvalue weighted by atomic mass is 10.2. The van der Waals surface area contributed by atoms with Gasteiger partial charge in [-0.1, -0.05) is 0 Å². The minimum Gasteiger partial charge on any atom is -0.354 e. The fraction of sp³-hybridized carbons (Fsp3) is 0.667. The Morgan fingerprint density at radius 3 is 2.47 bits per heavy atom. The Hall–Kier alpha value is -1.13. The van der Waals surface area contributed by atoms with Crippen LogP contribution in [0.25, 0.3) is 0 Å². The Labute approximate surface area is 116 Å². The number of rotatable bonds is 4. The van der Waals surface area contributed by atoms with Gasteiger partial charge in [0, 0.05) is 44.5 Å². The zero-order chi connectivity index (χ0) is 13.8. The minimum absolute atomic E-state index is 0.646. The van der Waals surface area contributed by atoms with Crippen LogP contribution in [-0.2, 0) is 6.54 Å². The van der Waals surface area contributed by atoms with Crippen molar-refractivity contribution in [2.75, 3.05) is 38.1 Å². The molecule has 0 aromatic carbocycles. The quantitative estimate of drug-likeness (QED) is 0.894. The molecule has 1 N–H and O–H groups in total. The highest BCUT2D eigenvalue weighted by atomic mass is 15.3. The Bertz CT molecular complexity index is 409. The van der Waals surface area contributed by atoms with Gasteiger partial charge in [-0.05, 0) is 45.5 Å². The molecule has 2 rings (SSSR count). The molecule has 0 atom stereocenters. The summed E-state index contributed by atoms with van der Waals surface area (Å²) >= 11 is 0. The van der Waals surface area contributed by atoms with Crippen molar-refractivity contribution in [3.63, 3.8) is 0 Å². The summed E-state index contributed by atoms with van der Waals surface area (Å²) < 4.78 is 0. The van der Waals surface area contributed by atoms with Gasteiger partial charge in [-0.25, -0.2) is 4.98 Å². The maximum atomic E-state index is 4.69. The molecule has 19 heavy (non-hydrogen) atoms. The lowest BCUT2D eigenvalue weighted by molar-refractivity contribution is 0.209. The van der Waals surface area contributed by atoms with Gasteiger partial charge in [0.25, 0.3) is 0 Å². The van der Waals surface area contributed by atoms with Crippen LogP contribution in [0.3, 0.4) is 0 Å². The number of hydrogen-bond acceptors (Lipinski definition) is 4. The van der Waals surface area contributed by atoms with E-state index in [9.17, 15) is 0 Å². The van der Waals surface area contributed by atoms with Gasteiger partial charge >= 0.3 is 0 Å². The molecule has 1 fully saturated rings. The number of aryl methyl sites for hydroxylation is 1. The molecule has 0 saturated carbocycles. The van der Waals surface area contributed by atoms with Crippen LogP contribution in [0.15, 0.2) is 12.1 Å². The molecule has 1 saturated heterocycles. The van der Waals surface area contributed by atoms with E-state index < -0.39 is 0 Å². The third-order valence-corrected chi connectivity index (χ3v) is 3.75. The zero-order valence-corrected chi connectivity index (χ0v) is 12.6. The lowest BCUT2D eigenvalue weighted by Crippen LogP contribution is -2.49. The molecular formula is C15H26N4. The summed E-state index contributed by atoms with van der Waals surface area (Å²) in [4.78, 5) is 9.63. The lowest BCUT2D eigenvalue weighted by Gasteiger charge is -2.37. The smallest absolute Gasteiger partial charge is 0.129 e. The van der Waals surface area contributed by atoms with E-state index in [2.05, 4.69) is 53.0 Å². The molecule has 1 aromatic heterocycles. The highest BCUT2D eigenvalue weighted by molar-refractivity contribution is 5.43. The Balaban J connectivity index is 2.06. The van der Waals surface area contributed by atoms with Crippen LogP contribution in [0.1, 0.15) is 25.1 Å². The van der Waals surface area contributed by atoms with Gasteiger partial charge in [0.2, 0.25) is 0 Å². The number of piperazine rings is 1. The van der Waals surface area contributed by atoms with Crippen LogP contribution < -0.4 is 10.2 Å². The van der Waals surface area contributed by atoms with E-state index in [4.69, 9.17) is 0 Å². The molecule has 0 spiro atoms. The van der Waals surface area contributed by atoms with Crippen molar-refractivity contribution in [1.29, 1.82) is 0 Å². The molecule has 4 heteroatoms. The monoisotopic (exact) mass is 262 g/mol. The Morgan fingerprint density at radius 1 is 1.21 bits per heavy atom. The standard InChI is InChI=1S/C15H26N4/c1-12(2)18-5-7-19(8-6-18)15-10-14(11-16-4)9-13(3)17-15/h9-10,12,16H,5-8,11H2,1-4H3. The molecule has 1 aliphatic heterocycles. The van der Waals surface area contributed by atoms with Crippen molar-refractivity contribution >= 4 is 5.82 Å². The van der Waals surface area contributed by atoms with E-state index in [0.29, 0.717) is 6.04 Å². The van der Waals surface area contributed by atoms with Crippen molar-refractivity contribution in [2.45, 2.75) is 33.4 Å².